The average molecular weight is 361 g/mol. The summed E-state index contributed by atoms with van der Waals surface area (Å²) in [6.07, 6.45) is 5.31. The van der Waals surface area contributed by atoms with Gasteiger partial charge in [0.25, 0.3) is 0 Å². The molecular formula is C18H23N3O3S. The monoisotopic (exact) mass is 361 g/mol. The van der Waals surface area contributed by atoms with Crippen molar-refractivity contribution in [1.29, 1.82) is 0 Å². The first-order valence-electron chi connectivity index (χ1n) is 8.30. The van der Waals surface area contributed by atoms with Gasteiger partial charge in [0.05, 0.1) is 17.5 Å². The van der Waals surface area contributed by atoms with Crippen LogP contribution in [0.3, 0.4) is 0 Å². The van der Waals surface area contributed by atoms with Gasteiger partial charge in [0.2, 0.25) is 5.91 Å². The molecule has 6 nitrogen and oxygen atoms in total. The van der Waals surface area contributed by atoms with E-state index in [0.717, 1.165) is 25.6 Å². The Balaban J connectivity index is 1.63. The lowest BCUT2D eigenvalue weighted by atomic mass is 10.1. The maximum Gasteiger partial charge on any atom is 0.238 e. The van der Waals surface area contributed by atoms with Gasteiger partial charge in [-0.3, -0.25) is 9.69 Å². The fourth-order valence-electron chi connectivity index (χ4n) is 3.34. The van der Waals surface area contributed by atoms with Crippen LogP contribution in [-0.2, 0) is 21.7 Å². The Bertz CT molecular complexity index is 856. The van der Waals surface area contributed by atoms with Crippen molar-refractivity contribution >= 4 is 21.4 Å². The number of amides is 1. The molecule has 0 radical (unpaired) electrons. The largest absolute Gasteiger partial charge is 0.353 e. The normalized spacial score (nSPS) is 18.4. The Morgan fingerprint density at radius 1 is 1.24 bits per heavy atom. The van der Waals surface area contributed by atoms with Gasteiger partial charge in [-0.25, -0.2) is 8.42 Å². The van der Waals surface area contributed by atoms with Crippen LogP contribution in [0.1, 0.15) is 24.6 Å². The van der Waals surface area contributed by atoms with Crippen LogP contribution < -0.4 is 5.32 Å². The molecule has 1 saturated heterocycles. The Kier molecular flexibility index (Phi) is 4.96. The molecule has 1 aromatic heterocycles. The third kappa shape index (κ3) is 4.11. The Hall–Kier alpha value is -2.12. The van der Waals surface area contributed by atoms with Gasteiger partial charge in [-0.2, -0.15) is 0 Å². The van der Waals surface area contributed by atoms with Gasteiger partial charge >= 0.3 is 0 Å². The SMILES string of the molecule is Cn1cccc1[C@H]1CCCN1CC(=O)Nc1ccc(S(C)(=O)=O)cc1. The van der Waals surface area contributed by atoms with Crippen LogP contribution >= 0.6 is 0 Å². The van der Waals surface area contributed by atoms with E-state index in [1.807, 2.05) is 19.3 Å². The van der Waals surface area contributed by atoms with Crippen molar-refractivity contribution in [2.45, 2.75) is 23.8 Å². The van der Waals surface area contributed by atoms with E-state index in [0.29, 0.717) is 12.2 Å². The fourth-order valence-corrected chi connectivity index (χ4v) is 3.97. The van der Waals surface area contributed by atoms with E-state index in [1.165, 1.54) is 17.8 Å². The number of hydrogen-bond donors (Lipinski definition) is 1. The van der Waals surface area contributed by atoms with Crippen LogP contribution in [0.4, 0.5) is 5.69 Å². The Morgan fingerprint density at radius 3 is 2.56 bits per heavy atom. The van der Waals surface area contributed by atoms with Gasteiger partial charge in [-0.05, 0) is 55.8 Å². The first-order chi connectivity index (χ1) is 11.8. The molecule has 25 heavy (non-hydrogen) atoms. The van der Waals surface area contributed by atoms with E-state index in [1.54, 1.807) is 12.1 Å². The number of anilines is 1. The summed E-state index contributed by atoms with van der Waals surface area (Å²) in [5.74, 6) is -0.0896. The molecule has 1 aliphatic rings. The number of hydrogen-bond acceptors (Lipinski definition) is 4. The van der Waals surface area contributed by atoms with Crippen molar-refractivity contribution in [3.63, 3.8) is 0 Å². The highest BCUT2D eigenvalue weighted by Crippen LogP contribution is 2.31. The molecule has 0 saturated carbocycles. The molecule has 7 heteroatoms. The van der Waals surface area contributed by atoms with Crippen LogP contribution in [0.15, 0.2) is 47.5 Å². The van der Waals surface area contributed by atoms with Crippen LogP contribution in [0.25, 0.3) is 0 Å². The molecule has 1 atom stereocenters. The van der Waals surface area contributed by atoms with Crippen LogP contribution in [-0.4, -0.2) is 43.1 Å². The fraction of sp³-hybridized carbons (Fsp3) is 0.389. The summed E-state index contributed by atoms with van der Waals surface area (Å²) >= 11 is 0. The third-order valence-corrected chi connectivity index (χ3v) is 5.73. The van der Waals surface area contributed by atoms with Crippen LogP contribution in [0.2, 0.25) is 0 Å². The molecule has 2 aromatic rings. The minimum atomic E-state index is -3.23. The standard InChI is InChI=1S/C18H23N3O3S/c1-20-11-3-5-16(20)17-6-4-12-21(17)13-18(22)19-14-7-9-15(10-8-14)25(2,23)24/h3,5,7-11,17H,4,6,12-13H2,1-2H3,(H,19,22)/t17-/m1/s1. The highest BCUT2D eigenvalue weighted by atomic mass is 32.2. The van der Waals surface area contributed by atoms with Crippen molar-refractivity contribution in [3.8, 4) is 0 Å². The van der Waals surface area contributed by atoms with Crippen molar-refractivity contribution < 1.29 is 13.2 Å². The second-order valence-corrected chi connectivity index (χ2v) is 8.53. The summed E-state index contributed by atoms with van der Waals surface area (Å²) in [7, 11) is -1.20. The number of aromatic nitrogens is 1. The first-order valence-corrected chi connectivity index (χ1v) is 10.2. The number of likely N-dealkylation sites (tertiary alicyclic amines) is 1. The first kappa shape index (κ1) is 17.7. The van der Waals surface area contributed by atoms with E-state index in [9.17, 15) is 13.2 Å². The van der Waals surface area contributed by atoms with E-state index in [-0.39, 0.29) is 16.8 Å². The zero-order valence-electron chi connectivity index (χ0n) is 14.5. The maximum absolute atomic E-state index is 12.4. The second kappa shape index (κ2) is 7.01. The smallest absolute Gasteiger partial charge is 0.238 e. The molecule has 2 heterocycles. The second-order valence-electron chi connectivity index (χ2n) is 6.52. The molecule has 134 valence electrons. The molecule has 1 amide bonds. The topological polar surface area (TPSA) is 71.4 Å². The number of carbonyl (C=O) groups excluding carboxylic acids is 1. The molecule has 0 unspecified atom stereocenters. The number of sulfone groups is 1. The third-order valence-electron chi connectivity index (χ3n) is 4.60. The van der Waals surface area contributed by atoms with Gasteiger partial charge in [0.15, 0.2) is 9.84 Å². The van der Waals surface area contributed by atoms with Gasteiger partial charge < -0.3 is 9.88 Å². The molecule has 0 aliphatic carbocycles. The quantitative estimate of drug-likeness (QED) is 0.886. The van der Waals surface area contributed by atoms with Crippen molar-refractivity contribution in [2.24, 2.45) is 7.05 Å². The van der Waals surface area contributed by atoms with Crippen molar-refractivity contribution in [3.05, 3.63) is 48.3 Å². The van der Waals surface area contributed by atoms with E-state index >= 15 is 0 Å². The minimum Gasteiger partial charge on any atom is -0.353 e. The van der Waals surface area contributed by atoms with Crippen molar-refractivity contribution in [2.75, 3.05) is 24.7 Å². The van der Waals surface area contributed by atoms with Crippen LogP contribution in [0.5, 0.6) is 0 Å². The minimum absolute atomic E-state index is 0.0896. The van der Waals surface area contributed by atoms with E-state index in [4.69, 9.17) is 0 Å². The number of rotatable bonds is 5. The molecule has 1 aliphatic heterocycles. The lowest BCUT2D eigenvalue weighted by Crippen LogP contribution is -2.33. The van der Waals surface area contributed by atoms with E-state index < -0.39 is 9.84 Å². The predicted molar refractivity (Wildman–Crippen MR) is 97.1 cm³/mol. The molecule has 1 N–H and O–H groups in total. The number of carbonyl (C=O) groups is 1. The molecule has 1 aromatic carbocycles. The zero-order chi connectivity index (χ0) is 18.0. The van der Waals surface area contributed by atoms with Crippen LogP contribution in [0, 0.1) is 0 Å². The molecular weight excluding hydrogens is 338 g/mol. The maximum atomic E-state index is 12.4. The summed E-state index contributed by atoms with van der Waals surface area (Å²) < 4.78 is 25.1. The molecule has 0 bridgehead atoms. The molecule has 1 fully saturated rings. The van der Waals surface area contributed by atoms with E-state index in [2.05, 4.69) is 20.9 Å². The Morgan fingerprint density at radius 2 is 1.96 bits per heavy atom. The molecule has 3 rings (SSSR count). The number of benzene rings is 1. The summed E-state index contributed by atoms with van der Waals surface area (Å²) in [6, 6.07) is 10.6. The Labute approximate surface area is 148 Å². The highest BCUT2D eigenvalue weighted by Gasteiger charge is 2.28. The lowest BCUT2D eigenvalue weighted by molar-refractivity contribution is -0.117. The predicted octanol–water partition coefficient (Wildman–Crippen LogP) is 2.20. The summed E-state index contributed by atoms with van der Waals surface area (Å²) in [4.78, 5) is 14.8. The van der Waals surface area contributed by atoms with Gasteiger partial charge in [-0.1, -0.05) is 0 Å². The van der Waals surface area contributed by atoms with Crippen molar-refractivity contribution in [1.82, 2.24) is 9.47 Å². The molecule has 0 spiro atoms. The average Bonchev–Trinajstić information content (AvgIpc) is 3.15. The summed E-state index contributed by atoms with van der Waals surface area (Å²) in [5.41, 5.74) is 1.83. The number of nitrogens with one attached hydrogen (secondary N) is 1. The summed E-state index contributed by atoms with van der Waals surface area (Å²) in [6.45, 7) is 1.22. The lowest BCUT2D eigenvalue weighted by Gasteiger charge is -2.24. The van der Waals surface area contributed by atoms with Gasteiger partial charge in [0.1, 0.15) is 0 Å². The van der Waals surface area contributed by atoms with Gasteiger partial charge in [-0.15, -0.1) is 0 Å². The van der Waals surface area contributed by atoms with Gasteiger partial charge in [0, 0.05) is 30.9 Å². The number of aryl methyl sites for hydroxylation is 1. The highest BCUT2D eigenvalue weighted by molar-refractivity contribution is 7.90. The summed E-state index contributed by atoms with van der Waals surface area (Å²) in [5, 5.41) is 2.85. The number of nitrogens with zero attached hydrogens (tertiary/aromatic N) is 2. The zero-order valence-corrected chi connectivity index (χ0v) is 15.3.